The van der Waals surface area contributed by atoms with Gasteiger partial charge < -0.3 is 10.1 Å². The Balaban J connectivity index is 2.06. The quantitative estimate of drug-likeness (QED) is 0.905. The van der Waals surface area contributed by atoms with Crippen LogP contribution in [-0.4, -0.2) is 23.9 Å². The third-order valence-electron chi connectivity index (χ3n) is 2.63. The zero-order chi connectivity index (χ0) is 13.0. The van der Waals surface area contributed by atoms with Crippen LogP contribution in [0, 0.1) is 0 Å². The number of nitrogens with one attached hydrogen (secondary N) is 1. The normalized spacial score (nSPS) is 20.5. The fourth-order valence-corrected chi connectivity index (χ4v) is 2.95. The van der Waals surface area contributed by atoms with Gasteiger partial charge in [-0.2, -0.15) is 11.8 Å². The predicted octanol–water partition coefficient (Wildman–Crippen LogP) is 3.89. The van der Waals surface area contributed by atoms with Crippen LogP contribution in [0.15, 0.2) is 24.3 Å². The first-order valence-electron chi connectivity index (χ1n) is 5.74. The van der Waals surface area contributed by atoms with Crippen LogP contribution >= 0.6 is 11.8 Å². The maximum Gasteiger partial charge on any atom is 0.573 e. The van der Waals surface area contributed by atoms with Crippen molar-refractivity contribution in [2.45, 2.75) is 25.2 Å². The van der Waals surface area contributed by atoms with Crippen molar-refractivity contribution >= 4 is 17.4 Å². The van der Waals surface area contributed by atoms with E-state index in [1.807, 2.05) is 11.8 Å². The number of benzene rings is 1. The molecular weight excluding hydrogens is 263 g/mol. The van der Waals surface area contributed by atoms with E-state index in [1.165, 1.54) is 12.1 Å². The van der Waals surface area contributed by atoms with Gasteiger partial charge in [0.2, 0.25) is 0 Å². The molecule has 100 valence electrons. The molecule has 2 rings (SSSR count). The topological polar surface area (TPSA) is 21.3 Å². The van der Waals surface area contributed by atoms with E-state index >= 15 is 0 Å². The number of halogens is 3. The second-order valence-electron chi connectivity index (χ2n) is 4.10. The Labute approximate surface area is 108 Å². The van der Waals surface area contributed by atoms with E-state index in [1.54, 1.807) is 12.1 Å². The summed E-state index contributed by atoms with van der Waals surface area (Å²) in [6.45, 7) is 0. The van der Waals surface area contributed by atoms with Gasteiger partial charge in [0.25, 0.3) is 0 Å². The molecule has 0 aliphatic carbocycles. The zero-order valence-corrected chi connectivity index (χ0v) is 10.5. The second-order valence-corrected chi connectivity index (χ2v) is 5.25. The molecule has 1 heterocycles. The van der Waals surface area contributed by atoms with Crippen LogP contribution in [-0.2, 0) is 0 Å². The van der Waals surface area contributed by atoms with Gasteiger partial charge in [-0.15, -0.1) is 13.2 Å². The molecule has 0 amide bonds. The summed E-state index contributed by atoms with van der Waals surface area (Å²) < 4.78 is 40.7. The predicted molar refractivity (Wildman–Crippen MR) is 67.1 cm³/mol. The van der Waals surface area contributed by atoms with Crippen molar-refractivity contribution in [1.29, 1.82) is 0 Å². The van der Waals surface area contributed by atoms with Gasteiger partial charge in [-0.05, 0) is 30.7 Å². The van der Waals surface area contributed by atoms with Gasteiger partial charge in [0.15, 0.2) is 5.75 Å². The molecule has 0 aromatic heterocycles. The minimum atomic E-state index is -4.65. The van der Waals surface area contributed by atoms with Crippen molar-refractivity contribution in [2.75, 3.05) is 16.8 Å². The average molecular weight is 277 g/mol. The molecule has 1 aromatic carbocycles. The van der Waals surface area contributed by atoms with Gasteiger partial charge in [-0.3, -0.25) is 0 Å². The molecule has 1 aromatic rings. The van der Waals surface area contributed by atoms with Gasteiger partial charge in [-0.25, -0.2) is 0 Å². The maximum absolute atomic E-state index is 12.2. The van der Waals surface area contributed by atoms with E-state index in [-0.39, 0.29) is 11.8 Å². The molecule has 1 fully saturated rings. The second kappa shape index (κ2) is 5.73. The molecule has 0 bridgehead atoms. The number of rotatable bonds is 3. The highest BCUT2D eigenvalue weighted by atomic mass is 32.2. The molecule has 0 saturated carbocycles. The summed E-state index contributed by atoms with van der Waals surface area (Å²) in [5.41, 5.74) is 0.405. The maximum atomic E-state index is 12.2. The van der Waals surface area contributed by atoms with E-state index in [0.29, 0.717) is 5.69 Å². The largest absolute Gasteiger partial charge is 0.573 e. The third-order valence-corrected chi connectivity index (χ3v) is 3.85. The Morgan fingerprint density at radius 3 is 2.72 bits per heavy atom. The van der Waals surface area contributed by atoms with Crippen LogP contribution in [0.1, 0.15) is 12.8 Å². The monoisotopic (exact) mass is 277 g/mol. The Morgan fingerprint density at radius 2 is 2.06 bits per heavy atom. The van der Waals surface area contributed by atoms with Gasteiger partial charge in [0, 0.05) is 11.8 Å². The number of para-hydroxylation sites is 2. The standard InChI is InChI=1S/C12H14F3NOS/c13-12(14,15)17-11-6-2-1-5-10(11)16-9-4-3-7-18-8-9/h1-2,5-6,9,16H,3-4,7-8H2. The Bertz CT molecular complexity index is 391. The highest BCUT2D eigenvalue weighted by Crippen LogP contribution is 2.31. The van der Waals surface area contributed by atoms with Crippen LogP contribution in [0.5, 0.6) is 5.75 Å². The highest BCUT2D eigenvalue weighted by molar-refractivity contribution is 7.99. The molecule has 1 unspecified atom stereocenters. The van der Waals surface area contributed by atoms with E-state index < -0.39 is 6.36 Å². The first kappa shape index (κ1) is 13.4. The summed E-state index contributed by atoms with van der Waals surface area (Å²) >= 11 is 1.82. The minimum Gasteiger partial charge on any atom is -0.404 e. The lowest BCUT2D eigenvalue weighted by Gasteiger charge is -2.24. The molecule has 2 nitrogen and oxygen atoms in total. The summed E-state index contributed by atoms with van der Waals surface area (Å²) in [5, 5.41) is 3.13. The molecule has 1 N–H and O–H groups in total. The summed E-state index contributed by atoms with van der Waals surface area (Å²) in [5.74, 6) is 1.87. The molecule has 1 aliphatic heterocycles. The summed E-state index contributed by atoms with van der Waals surface area (Å²) in [6.07, 6.45) is -2.59. The lowest BCUT2D eigenvalue weighted by Crippen LogP contribution is -2.26. The first-order chi connectivity index (χ1) is 8.54. The Hall–Kier alpha value is -1.04. The molecule has 1 atom stereocenters. The third kappa shape index (κ3) is 4.01. The molecule has 0 radical (unpaired) electrons. The fourth-order valence-electron chi connectivity index (χ4n) is 1.87. The fraction of sp³-hybridized carbons (Fsp3) is 0.500. The number of anilines is 1. The van der Waals surface area contributed by atoms with Crippen LogP contribution in [0.25, 0.3) is 0 Å². The summed E-state index contributed by atoms with van der Waals surface area (Å²) in [4.78, 5) is 0. The van der Waals surface area contributed by atoms with Crippen LogP contribution in [0.2, 0.25) is 0 Å². The van der Waals surface area contributed by atoms with Gasteiger partial charge in [0.05, 0.1) is 5.69 Å². The van der Waals surface area contributed by atoms with Crippen molar-refractivity contribution in [3.8, 4) is 5.75 Å². The smallest absolute Gasteiger partial charge is 0.404 e. The van der Waals surface area contributed by atoms with Gasteiger partial charge >= 0.3 is 6.36 Å². The number of thioether (sulfide) groups is 1. The molecular formula is C12H14F3NOS. The van der Waals surface area contributed by atoms with E-state index in [0.717, 1.165) is 24.3 Å². The zero-order valence-electron chi connectivity index (χ0n) is 9.67. The van der Waals surface area contributed by atoms with E-state index in [2.05, 4.69) is 10.1 Å². The molecule has 18 heavy (non-hydrogen) atoms. The molecule has 6 heteroatoms. The number of alkyl halides is 3. The van der Waals surface area contributed by atoms with Crippen molar-refractivity contribution in [1.82, 2.24) is 0 Å². The number of ether oxygens (including phenoxy) is 1. The number of hydrogen-bond donors (Lipinski definition) is 1. The molecule has 1 saturated heterocycles. The van der Waals surface area contributed by atoms with Crippen molar-refractivity contribution in [2.24, 2.45) is 0 Å². The Kier molecular flexibility index (Phi) is 4.27. The highest BCUT2D eigenvalue weighted by Gasteiger charge is 2.32. The summed E-state index contributed by atoms with van der Waals surface area (Å²) in [7, 11) is 0. The van der Waals surface area contributed by atoms with E-state index in [4.69, 9.17) is 0 Å². The van der Waals surface area contributed by atoms with Gasteiger partial charge in [0.1, 0.15) is 0 Å². The first-order valence-corrected chi connectivity index (χ1v) is 6.89. The summed E-state index contributed by atoms with van der Waals surface area (Å²) in [6, 6.07) is 6.37. The Morgan fingerprint density at radius 1 is 1.28 bits per heavy atom. The molecule has 1 aliphatic rings. The van der Waals surface area contributed by atoms with Crippen LogP contribution < -0.4 is 10.1 Å². The minimum absolute atomic E-state index is 0.166. The van der Waals surface area contributed by atoms with Crippen LogP contribution in [0.4, 0.5) is 18.9 Å². The number of hydrogen-bond acceptors (Lipinski definition) is 3. The average Bonchev–Trinajstić information content (AvgIpc) is 2.31. The van der Waals surface area contributed by atoms with E-state index in [9.17, 15) is 13.2 Å². The lowest BCUT2D eigenvalue weighted by molar-refractivity contribution is -0.274. The van der Waals surface area contributed by atoms with Crippen molar-refractivity contribution in [3.63, 3.8) is 0 Å². The van der Waals surface area contributed by atoms with Crippen molar-refractivity contribution < 1.29 is 17.9 Å². The van der Waals surface area contributed by atoms with Crippen LogP contribution in [0.3, 0.4) is 0 Å². The van der Waals surface area contributed by atoms with Gasteiger partial charge in [-0.1, -0.05) is 12.1 Å². The SMILES string of the molecule is FC(F)(F)Oc1ccccc1NC1CCCSC1. The lowest BCUT2D eigenvalue weighted by atomic mass is 10.1. The van der Waals surface area contributed by atoms with Crippen molar-refractivity contribution in [3.05, 3.63) is 24.3 Å². The molecule has 0 spiro atoms.